The van der Waals surface area contributed by atoms with Crippen molar-refractivity contribution in [3.05, 3.63) is 64.4 Å². The van der Waals surface area contributed by atoms with Crippen LogP contribution in [0, 0.1) is 5.82 Å². The molecule has 4 nitrogen and oxygen atoms in total. The number of carbonyl (C=O) groups excluding carboxylic acids is 1. The molecule has 0 aliphatic rings. The van der Waals surface area contributed by atoms with Gasteiger partial charge < -0.3 is 15.5 Å². The molecule has 2 rings (SSSR count). The van der Waals surface area contributed by atoms with Crippen LogP contribution in [-0.2, 0) is 11.2 Å². The Hall–Kier alpha value is -2.11. The number of aromatic hydroxyl groups is 1. The third-order valence-electron chi connectivity index (χ3n) is 3.50. The van der Waals surface area contributed by atoms with Crippen LogP contribution in [0.2, 0.25) is 5.02 Å². The van der Waals surface area contributed by atoms with Crippen LogP contribution in [0.1, 0.15) is 24.2 Å². The van der Waals surface area contributed by atoms with Crippen LogP contribution >= 0.6 is 11.6 Å². The van der Waals surface area contributed by atoms with E-state index in [0.29, 0.717) is 5.56 Å². The number of hydrogen-bond acceptors (Lipinski definition) is 3. The van der Waals surface area contributed by atoms with Crippen molar-refractivity contribution in [1.82, 2.24) is 5.32 Å². The molecule has 1 amide bonds. The fourth-order valence-electron chi connectivity index (χ4n) is 2.21. The molecule has 0 saturated carbocycles. The largest absolute Gasteiger partial charge is 0.508 e. The van der Waals surface area contributed by atoms with E-state index in [1.54, 1.807) is 19.1 Å². The molecule has 0 bridgehead atoms. The predicted octanol–water partition coefficient (Wildman–Crippen LogP) is 2.97. The highest BCUT2D eigenvalue weighted by Gasteiger charge is 2.20. The number of aliphatic hydroxyl groups is 1. The minimum atomic E-state index is -0.948. The molecule has 0 aromatic heterocycles. The highest BCUT2D eigenvalue weighted by atomic mass is 35.5. The van der Waals surface area contributed by atoms with Crippen LogP contribution in [0.5, 0.6) is 5.75 Å². The van der Waals surface area contributed by atoms with E-state index in [-0.39, 0.29) is 22.8 Å². The lowest BCUT2D eigenvalue weighted by atomic mass is 10.0. The maximum absolute atomic E-state index is 13.7. The molecule has 122 valence electrons. The minimum absolute atomic E-state index is 0.0897. The molecule has 6 heteroatoms. The van der Waals surface area contributed by atoms with Gasteiger partial charge in [-0.3, -0.25) is 4.79 Å². The summed E-state index contributed by atoms with van der Waals surface area (Å²) in [7, 11) is 0. The molecule has 2 aromatic rings. The molecule has 3 N–H and O–H groups in total. The lowest BCUT2D eigenvalue weighted by Crippen LogP contribution is -2.38. The topological polar surface area (TPSA) is 69.6 Å². The zero-order valence-corrected chi connectivity index (χ0v) is 13.2. The van der Waals surface area contributed by atoms with E-state index in [2.05, 4.69) is 5.32 Å². The molecule has 0 aliphatic carbocycles. The van der Waals surface area contributed by atoms with Crippen molar-refractivity contribution >= 4 is 17.5 Å². The first kappa shape index (κ1) is 17.2. The maximum atomic E-state index is 13.7. The molecule has 0 aliphatic heterocycles. The number of rotatable bonds is 5. The van der Waals surface area contributed by atoms with E-state index < -0.39 is 23.9 Å². The second-order valence-electron chi connectivity index (χ2n) is 5.27. The summed E-state index contributed by atoms with van der Waals surface area (Å²) in [5, 5.41) is 22.3. The normalized spacial score (nSPS) is 13.4. The number of carbonyl (C=O) groups is 1. The summed E-state index contributed by atoms with van der Waals surface area (Å²) < 4.78 is 13.7. The van der Waals surface area contributed by atoms with Crippen molar-refractivity contribution in [1.29, 1.82) is 0 Å². The van der Waals surface area contributed by atoms with Gasteiger partial charge in [0.15, 0.2) is 0 Å². The van der Waals surface area contributed by atoms with E-state index in [9.17, 15) is 19.4 Å². The first-order chi connectivity index (χ1) is 10.9. The van der Waals surface area contributed by atoms with Crippen LogP contribution < -0.4 is 5.32 Å². The summed E-state index contributed by atoms with van der Waals surface area (Å²) in [6.07, 6.45) is -1.16. The Balaban J connectivity index is 2.00. The quantitative estimate of drug-likeness (QED) is 0.785. The van der Waals surface area contributed by atoms with Crippen molar-refractivity contribution in [3.63, 3.8) is 0 Å². The summed E-state index contributed by atoms with van der Waals surface area (Å²) in [5.74, 6) is -0.895. The molecule has 0 fully saturated rings. The second kappa shape index (κ2) is 7.44. The first-order valence-electron chi connectivity index (χ1n) is 7.07. The second-order valence-corrected chi connectivity index (χ2v) is 5.68. The number of nitrogens with one attached hydrogen (secondary N) is 1. The van der Waals surface area contributed by atoms with E-state index in [1.165, 1.54) is 30.3 Å². The third kappa shape index (κ3) is 4.43. The van der Waals surface area contributed by atoms with Crippen molar-refractivity contribution in [2.24, 2.45) is 0 Å². The summed E-state index contributed by atoms with van der Waals surface area (Å²) >= 11 is 5.89. The average molecular weight is 338 g/mol. The predicted molar refractivity (Wildman–Crippen MR) is 85.8 cm³/mol. The summed E-state index contributed by atoms with van der Waals surface area (Å²) in [5.41, 5.74) is 0.678. The van der Waals surface area contributed by atoms with Gasteiger partial charge in [0.25, 0.3) is 0 Å². The van der Waals surface area contributed by atoms with E-state index >= 15 is 0 Å². The Morgan fingerprint density at radius 1 is 1.26 bits per heavy atom. The number of phenolic OH excluding ortho intramolecular Hbond substituents is 1. The Bertz CT molecular complexity index is 670. The molecule has 2 aromatic carbocycles. The van der Waals surface area contributed by atoms with Crippen LogP contribution in [0.3, 0.4) is 0 Å². The monoisotopic (exact) mass is 337 g/mol. The number of phenols is 1. The van der Waals surface area contributed by atoms with E-state index in [4.69, 9.17) is 11.6 Å². The van der Waals surface area contributed by atoms with E-state index in [0.717, 1.165) is 0 Å². The Kier molecular flexibility index (Phi) is 5.58. The van der Waals surface area contributed by atoms with Gasteiger partial charge in [-0.25, -0.2) is 4.39 Å². The molecular weight excluding hydrogens is 321 g/mol. The zero-order chi connectivity index (χ0) is 17.0. The molecule has 0 radical (unpaired) electrons. The van der Waals surface area contributed by atoms with Gasteiger partial charge in [0.1, 0.15) is 11.6 Å². The summed E-state index contributed by atoms with van der Waals surface area (Å²) in [6, 6.07) is 9.67. The Morgan fingerprint density at radius 3 is 2.52 bits per heavy atom. The number of aliphatic hydroxyl groups excluding tert-OH is 1. The molecule has 0 spiro atoms. The molecule has 23 heavy (non-hydrogen) atoms. The van der Waals surface area contributed by atoms with Gasteiger partial charge in [-0.15, -0.1) is 0 Å². The molecule has 2 atom stereocenters. The minimum Gasteiger partial charge on any atom is -0.508 e. The van der Waals surface area contributed by atoms with Crippen LogP contribution in [0.15, 0.2) is 42.5 Å². The molecular formula is C17H17ClFNO3. The van der Waals surface area contributed by atoms with Crippen molar-refractivity contribution in [2.75, 3.05) is 0 Å². The Morgan fingerprint density at radius 2 is 1.91 bits per heavy atom. The van der Waals surface area contributed by atoms with Gasteiger partial charge in [-0.2, -0.15) is 0 Å². The first-order valence-corrected chi connectivity index (χ1v) is 7.45. The average Bonchev–Trinajstić information content (AvgIpc) is 2.51. The van der Waals surface area contributed by atoms with Gasteiger partial charge in [0, 0.05) is 10.6 Å². The number of hydrogen-bond donors (Lipinski definition) is 3. The fourth-order valence-corrected chi connectivity index (χ4v) is 2.44. The van der Waals surface area contributed by atoms with Gasteiger partial charge >= 0.3 is 0 Å². The Labute approximate surface area is 138 Å². The number of halogens is 2. The molecule has 0 saturated heterocycles. The zero-order valence-electron chi connectivity index (χ0n) is 12.5. The van der Waals surface area contributed by atoms with Crippen molar-refractivity contribution in [2.45, 2.75) is 25.5 Å². The summed E-state index contributed by atoms with van der Waals surface area (Å²) in [6.45, 7) is 1.64. The number of benzene rings is 2. The van der Waals surface area contributed by atoms with E-state index in [1.807, 2.05) is 0 Å². The standard InChI is InChI=1S/C17H17ClFNO3/c1-10(17(23)11-5-7-12(21)8-6-11)20-16(22)9-13-14(18)3-2-4-15(13)19/h2-8,10,17,21,23H,9H2,1H3,(H,20,22)/t10-,17-/m1/s1. The van der Waals surface area contributed by atoms with Crippen LogP contribution in [-0.4, -0.2) is 22.2 Å². The van der Waals surface area contributed by atoms with Crippen molar-refractivity contribution in [3.8, 4) is 5.75 Å². The smallest absolute Gasteiger partial charge is 0.224 e. The van der Waals surface area contributed by atoms with Crippen molar-refractivity contribution < 1.29 is 19.4 Å². The van der Waals surface area contributed by atoms with Gasteiger partial charge in [-0.1, -0.05) is 29.8 Å². The van der Waals surface area contributed by atoms with Crippen LogP contribution in [0.4, 0.5) is 4.39 Å². The van der Waals surface area contributed by atoms with Crippen LogP contribution in [0.25, 0.3) is 0 Å². The SMILES string of the molecule is C[C@@H](NC(=O)Cc1c(F)cccc1Cl)[C@@H](O)c1ccc(O)cc1. The lowest BCUT2D eigenvalue weighted by Gasteiger charge is -2.21. The molecule has 0 unspecified atom stereocenters. The van der Waals surface area contributed by atoms with Gasteiger partial charge in [0.2, 0.25) is 5.91 Å². The number of amides is 1. The fraction of sp³-hybridized carbons (Fsp3) is 0.235. The highest BCUT2D eigenvalue weighted by molar-refractivity contribution is 6.31. The van der Waals surface area contributed by atoms with Gasteiger partial charge in [-0.05, 0) is 36.8 Å². The molecule has 0 heterocycles. The summed E-state index contributed by atoms with van der Waals surface area (Å²) in [4.78, 5) is 12.0. The third-order valence-corrected chi connectivity index (χ3v) is 3.85. The lowest BCUT2D eigenvalue weighted by molar-refractivity contribution is -0.121. The van der Waals surface area contributed by atoms with Gasteiger partial charge in [0.05, 0.1) is 18.6 Å². The maximum Gasteiger partial charge on any atom is 0.224 e. The highest BCUT2D eigenvalue weighted by Crippen LogP contribution is 2.21.